The van der Waals surface area contributed by atoms with Crippen molar-refractivity contribution in [3.05, 3.63) is 22.8 Å². The molecule has 0 radical (unpaired) electrons. The molecule has 1 N–H and O–H groups in total. The molecule has 1 aromatic heterocycles. The first kappa shape index (κ1) is 15.1. The Kier molecular flexibility index (Phi) is 4.83. The highest BCUT2D eigenvalue weighted by Gasteiger charge is 2.25. The van der Waals surface area contributed by atoms with E-state index in [0.29, 0.717) is 11.9 Å². The van der Waals surface area contributed by atoms with Gasteiger partial charge in [-0.15, -0.1) is 0 Å². The second kappa shape index (κ2) is 6.41. The van der Waals surface area contributed by atoms with Crippen LogP contribution in [-0.2, 0) is 0 Å². The summed E-state index contributed by atoms with van der Waals surface area (Å²) in [6.45, 7) is 5.35. The zero-order chi connectivity index (χ0) is 14.7. The van der Waals surface area contributed by atoms with Crippen LogP contribution in [0.3, 0.4) is 0 Å². The van der Waals surface area contributed by atoms with Crippen molar-refractivity contribution >= 4 is 23.4 Å². The fraction of sp³-hybridized carbons (Fsp3) is 0.571. The summed E-state index contributed by atoms with van der Waals surface area (Å²) in [7, 11) is 1.94. The van der Waals surface area contributed by atoms with Gasteiger partial charge in [0.25, 0.3) is 0 Å². The Hall–Kier alpha value is -1.33. The van der Waals surface area contributed by atoms with Gasteiger partial charge in [0.1, 0.15) is 5.82 Å². The third kappa shape index (κ3) is 3.04. The highest BCUT2D eigenvalue weighted by molar-refractivity contribution is 6.35. The van der Waals surface area contributed by atoms with Gasteiger partial charge in [0.2, 0.25) is 0 Å². The Balaban J connectivity index is 2.15. The molecule has 0 bridgehead atoms. The third-order valence-corrected chi connectivity index (χ3v) is 4.36. The quantitative estimate of drug-likeness (QED) is 0.924. The molecular formula is C14H20ClN3O2. The van der Waals surface area contributed by atoms with Crippen LogP contribution in [-0.4, -0.2) is 53.7 Å². The molecule has 0 saturated carbocycles. The topological polar surface area (TPSA) is 56.7 Å². The van der Waals surface area contributed by atoms with Crippen LogP contribution in [0.2, 0.25) is 5.02 Å². The van der Waals surface area contributed by atoms with Gasteiger partial charge in [0, 0.05) is 32.4 Å². The van der Waals surface area contributed by atoms with E-state index >= 15 is 0 Å². The number of aromatic carboxylic acids is 1. The lowest BCUT2D eigenvalue weighted by Crippen LogP contribution is -2.43. The summed E-state index contributed by atoms with van der Waals surface area (Å²) in [5.74, 6) is -0.464. The minimum absolute atomic E-state index is 0.106. The summed E-state index contributed by atoms with van der Waals surface area (Å²) in [6, 6.07) is 1.79. The van der Waals surface area contributed by atoms with Crippen LogP contribution >= 0.6 is 11.6 Å². The summed E-state index contributed by atoms with van der Waals surface area (Å²) in [5.41, 5.74) is 0.106. The zero-order valence-corrected chi connectivity index (χ0v) is 12.6. The predicted molar refractivity (Wildman–Crippen MR) is 79.7 cm³/mol. The number of nitrogens with zero attached hydrogens (tertiary/aromatic N) is 3. The first-order valence-electron chi connectivity index (χ1n) is 6.87. The van der Waals surface area contributed by atoms with Crippen LogP contribution < -0.4 is 4.90 Å². The van der Waals surface area contributed by atoms with E-state index in [4.69, 9.17) is 16.7 Å². The number of carboxylic acid groups (broad SMARTS) is 1. The van der Waals surface area contributed by atoms with Gasteiger partial charge in [-0.05, 0) is 25.5 Å². The number of pyridine rings is 1. The van der Waals surface area contributed by atoms with Crippen LogP contribution in [0.15, 0.2) is 12.3 Å². The van der Waals surface area contributed by atoms with Crippen molar-refractivity contribution in [2.24, 2.45) is 0 Å². The maximum Gasteiger partial charge on any atom is 0.337 e. The van der Waals surface area contributed by atoms with Crippen LogP contribution in [0.25, 0.3) is 0 Å². The lowest BCUT2D eigenvalue weighted by molar-refractivity contribution is 0.0697. The van der Waals surface area contributed by atoms with Gasteiger partial charge in [-0.3, -0.25) is 0 Å². The molecule has 1 aliphatic rings. The number of hydrogen-bond donors (Lipinski definition) is 1. The molecule has 0 aromatic carbocycles. The van der Waals surface area contributed by atoms with Crippen LogP contribution in [0.5, 0.6) is 0 Å². The maximum atomic E-state index is 11.1. The Morgan fingerprint density at radius 2 is 2.20 bits per heavy atom. The van der Waals surface area contributed by atoms with Crippen molar-refractivity contribution in [2.45, 2.75) is 25.8 Å². The minimum atomic E-state index is -1.02. The first-order valence-corrected chi connectivity index (χ1v) is 7.25. The smallest absolute Gasteiger partial charge is 0.337 e. The molecule has 0 spiro atoms. The van der Waals surface area contributed by atoms with E-state index in [9.17, 15) is 4.79 Å². The molecule has 0 unspecified atom stereocenters. The van der Waals surface area contributed by atoms with E-state index < -0.39 is 5.97 Å². The summed E-state index contributed by atoms with van der Waals surface area (Å²) < 4.78 is 0. The zero-order valence-electron chi connectivity index (χ0n) is 11.8. The number of halogens is 1. The molecule has 1 fully saturated rings. The Bertz CT molecular complexity index is 487. The fourth-order valence-electron chi connectivity index (χ4n) is 2.64. The molecule has 110 valence electrons. The number of carboxylic acids is 1. The molecule has 2 heterocycles. The SMILES string of the molecule is CCN1CCC(N(C)c2nccc(C(=O)O)c2Cl)CC1. The molecule has 0 atom stereocenters. The second-order valence-corrected chi connectivity index (χ2v) is 5.46. The number of likely N-dealkylation sites (tertiary alicyclic amines) is 1. The summed E-state index contributed by atoms with van der Waals surface area (Å²) >= 11 is 6.18. The number of carbonyl (C=O) groups is 1. The van der Waals surface area contributed by atoms with Crippen molar-refractivity contribution in [3.63, 3.8) is 0 Å². The van der Waals surface area contributed by atoms with Crippen molar-refractivity contribution in [1.29, 1.82) is 0 Å². The molecule has 1 aromatic rings. The molecule has 1 aliphatic heterocycles. The lowest BCUT2D eigenvalue weighted by Gasteiger charge is -2.37. The first-order chi connectivity index (χ1) is 9.54. The fourth-order valence-corrected chi connectivity index (χ4v) is 2.97. The minimum Gasteiger partial charge on any atom is -0.478 e. The van der Waals surface area contributed by atoms with E-state index in [2.05, 4.69) is 16.8 Å². The van der Waals surface area contributed by atoms with Gasteiger partial charge < -0.3 is 14.9 Å². The van der Waals surface area contributed by atoms with E-state index in [1.165, 1.54) is 12.3 Å². The number of piperidine rings is 1. The van der Waals surface area contributed by atoms with Gasteiger partial charge in [0.05, 0.1) is 10.6 Å². The average molecular weight is 298 g/mol. The predicted octanol–water partition coefficient (Wildman–Crippen LogP) is 2.35. The van der Waals surface area contributed by atoms with Crippen molar-refractivity contribution in [3.8, 4) is 0 Å². The van der Waals surface area contributed by atoms with Crippen LogP contribution in [0.1, 0.15) is 30.1 Å². The van der Waals surface area contributed by atoms with Gasteiger partial charge in [-0.2, -0.15) is 0 Å². The average Bonchev–Trinajstić information content (AvgIpc) is 2.46. The summed E-state index contributed by atoms with van der Waals surface area (Å²) in [5, 5.41) is 9.33. The Morgan fingerprint density at radius 1 is 1.55 bits per heavy atom. The molecular weight excluding hydrogens is 278 g/mol. The van der Waals surface area contributed by atoms with E-state index in [-0.39, 0.29) is 10.6 Å². The van der Waals surface area contributed by atoms with Gasteiger partial charge >= 0.3 is 5.97 Å². The Morgan fingerprint density at radius 3 is 2.75 bits per heavy atom. The van der Waals surface area contributed by atoms with Gasteiger partial charge in [0.15, 0.2) is 0 Å². The van der Waals surface area contributed by atoms with Crippen molar-refractivity contribution in [2.75, 3.05) is 31.6 Å². The second-order valence-electron chi connectivity index (χ2n) is 5.08. The lowest BCUT2D eigenvalue weighted by atomic mass is 10.0. The van der Waals surface area contributed by atoms with Gasteiger partial charge in [-0.1, -0.05) is 18.5 Å². The normalized spacial score (nSPS) is 17.1. The highest BCUT2D eigenvalue weighted by atomic mass is 35.5. The number of rotatable bonds is 4. The molecule has 20 heavy (non-hydrogen) atoms. The highest BCUT2D eigenvalue weighted by Crippen LogP contribution is 2.29. The third-order valence-electron chi connectivity index (χ3n) is 3.99. The molecule has 1 saturated heterocycles. The van der Waals surface area contributed by atoms with E-state index in [1.807, 2.05) is 11.9 Å². The van der Waals surface area contributed by atoms with Crippen molar-refractivity contribution in [1.82, 2.24) is 9.88 Å². The van der Waals surface area contributed by atoms with Crippen LogP contribution in [0.4, 0.5) is 5.82 Å². The molecule has 0 aliphatic carbocycles. The van der Waals surface area contributed by atoms with Crippen LogP contribution in [0, 0.1) is 0 Å². The molecule has 5 nitrogen and oxygen atoms in total. The molecule has 0 amide bonds. The maximum absolute atomic E-state index is 11.1. The molecule has 6 heteroatoms. The largest absolute Gasteiger partial charge is 0.478 e. The summed E-state index contributed by atoms with van der Waals surface area (Å²) in [4.78, 5) is 19.8. The van der Waals surface area contributed by atoms with E-state index in [1.54, 1.807) is 0 Å². The number of anilines is 1. The number of hydrogen-bond acceptors (Lipinski definition) is 4. The standard InChI is InChI=1S/C14H20ClN3O2/c1-3-18-8-5-10(6-9-18)17(2)13-12(15)11(14(19)20)4-7-16-13/h4,7,10H,3,5-6,8-9H2,1-2H3,(H,19,20). The van der Waals surface area contributed by atoms with E-state index in [0.717, 1.165) is 32.5 Å². The monoisotopic (exact) mass is 297 g/mol. The summed E-state index contributed by atoms with van der Waals surface area (Å²) in [6.07, 6.45) is 3.58. The van der Waals surface area contributed by atoms with Gasteiger partial charge in [-0.25, -0.2) is 9.78 Å². The number of aromatic nitrogens is 1. The Labute approximate surface area is 124 Å². The van der Waals surface area contributed by atoms with Crippen molar-refractivity contribution < 1.29 is 9.90 Å². The molecule has 2 rings (SSSR count).